The third-order valence-corrected chi connectivity index (χ3v) is 7.75. The van der Waals surface area contributed by atoms with Gasteiger partial charge < -0.3 is 4.57 Å². The number of piperidine rings is 1. The van der Waals surface area contributed by atoms with Gasteiger partial charge in [0.25, 0.3) is 0 Å². The van der Waals surface area contributed by atoms with Crippen LogP contribution in [-0.2, 0) is 23.3 Å². The van der Waals surface area contributed by atoms with Gasteiger partial charge in [-0.05, 0) is 79.4 Å². The van der Waals surface area contributed by atoms with E-state index in [4.69, 9.17) is 0 Å². The summed E-state index contributed by atoms with van der Waals surface area (Å²) >= 11 is 0. The maximum atomic E-state index is 14.1. The molecule has 6 heteroatoms. The molecule has 6 nitrogen and oxygen atoms in total. The largest absolute Gasteiger partial charge is 0.334 e. The monoisotopic (exact) mass is 477 g/mol. The van der Waals surface area contributed by atoms with E-state index in [0.717, 1.165) is 73.8 Å². The molecule has 182 valence electrons. The van der Waals surface area contributed by atoms with E-state index in [1.807, 2.05) is 29.3 Å². The maximum absolute atomic E-state index is 14.1. The van der Waals surface area contributed by atoms with Crippen molar-refractivity contribution in [3.8, 4) is 11.1 Å². The second kappa shape index (κ2) is 9.36. The van der Waals surface area contributed by atoms with Gasteiger partial charge in [-0.2, -0.15) is 0 Å². The Morgan fingerprint density at radius 3 is 2.36 bits per heavy atom. The van der Waals surface area contributed by atoms with Gasteiger partial charge in [-0.15, -0.1) is 0 Å². The van der Waals surface area contributed by atoms with Crippen molar-refractivity contribution in [3.05, 3.63) is 96.8 Å². The predicted octanol–water partition coefficient (Wildman–Crippen LogP) is 5.57. The van der Waals surface area contributed by atoms with E-state index < -0.39 is 5.41 Å². The van der Waals surface area contributed by atoms with Gasteiger partial charge in [-0.25, -0.2) is 4.98 Å². The Morgan fingerprint density at radius 2 is 1.61 bits per heavy atom. The molecule has 2 aromatic carbocycles. The molecule has 0 aliphatic carbocycles. The molecule has 4 aromatic rings. The fraction of sp³-hybridized carbons (Fsp3) is 0.300. The Kier molecular flexibility index (Phi) is 5.89. The molecule has 2 aliphatic heterocycles. The van der Waals surface area contributed by atoms with Gasteiger partial charge in [0.15, 0.2) is 0 Å². The van der Waals surface area contributed by atoms with Crippen molar-refractivity contribution >= 4 is 17.3 Å². The molecule has 1 fully saturated rings. The van der Waals surface area contributed by atoms with Crippen LogP contribution in [0.3, 0.4) is 0 Å². The highest BCUT2D eigenvalue weighted by molar-refractivity contribution is 6.13. The number of carbonyl (C=O) groups excluding carboxylic acids is 1. The number of fused-ring (bicyclic) bond motifs is 2. The van der Waals surface area contributed by atoms with E-state index in [2.05, 4.69) is 75.0 Å². The van der Waals surface area contributed by atoms with Crippen LogP contribution >= 0.6 is 0 Å². The number of benzene rings is 2. The van der Waals surface area contributed by atoms with Gasteiger partial charge >= 0.3 is 0 Å². The number of aryl methyl sites for hydroxylation is 1. The van der Waals surface area contributed by atoms with Crippen LogP contribution in [-0.4, -0.2) is 38.4 Å². The summed E-state index contributed by atoms with van der Waals surface area (Å²) in [5.74, 6) is 1.31. The van der Waals surface area contributed by atoms with Crippen molar-refractivity contribution in [1.82, 2.24) is 19.4 Å². The zero-order valence-corrected chi connectivity index (χ0v) is 20.7. The number of anilines is 2. The van der Waals surface area contributed by atoms with Gasteiger partial charge in [-0.3, -0.25) is 19.6 Å². The second-order valence-corrected chi connectivity index (χ2v) is 9.84. The number of nitrogens with zero attached hydrogens (tertiary/aromatic N) is 5. The molecule has 2 aromatic heterocycles. The second-order valence-electron chi connectivity index (χ2n) is 9.84. The van der Waals surface area contributed by atoms with E-state index in [-0.39, 0.29) is 5.91 Å². The Labute approximate surface area is 212 Å². The third-order valence-electron chi connectivity index (χ3n) is 7.75. The molecular weight excluding hydrogens is 446 g/mol. The number of para-hydroxylation sites is 1. The standard InChI is InChI=1S/C30H31N5O/c1-2-18-34-21-17-32-28(34)22-33-19-13-30(14-20-33)26-5-3-4-6-27(26)35(29(30)36)25-9-7-23(8-10-25)24-11-15-31-16-12-24/h3-12,15-17,21H,2,13-14,18-20,22H2,1H3. The minimum atomic E-state index is -0.463. The average Bonchev–Trinajstić information content (AvgIpc) is 3.46. The Morgan fingerprint density at radius 1 is 0.889 bits per heavy atom. The van der Waals surface area contributed by atoms with Crippen molar-refractivity contribution in [3.63, 3.8) is 0 Å². The smallest absolute Gasteiger partial charge is 0.242 e. The van der Waals surface area contributed by atoms with E-state index in [1.54, 1.807) is 12.4 Å². The number of hydrogen-bond acceptors (Lipinski definition) is 4. The molecule has 1 saturated heterocycles. The van der Waals surface area contributed by atoms with Crippen LogP contribution in [0.4, 0.5) is 11.4 Å². The summed E-state index contributed by atoms with van der Waals surface area (Å²) in [5, 5.41) is 0. The first-order valence-corrected chi connectivity index (χ1v) is 12.9. The molecule has 0 N–H and O–H groups in total. The number of pyridine rings is 1. The van der Waals surface area contributed by atoms with Crippen LogP contribution in [0, 0.1) is 0 Å². The molecule has 2 aliphatic rings. The van der Waals surface area contributed by atoms with Gasteiger partial charge in [0, 0.05) is 37.0 Å². The number of amides is 1. The summed E-state index contributed by atoms with van der Waals surface area (Å²) in [6.07, 6.45) is 10.3. The number of carbonyl (C=O) groups is 1. The normalized spacial score (nSPS) is 17.0. The van der Waals surface area contributed by atoms with Crippen LogP contribution < -0.4 is 4.90 Å². The summed E-state index contributed by atoms with van der Waals surface area (Å²) in [6, 6.07) is 20.7. The zero-order valence-electron chi connectivity index (χ0n) is 20.7. The molecule has 6 rings (SSSR count). The lowest BCUT2D eigenvalue weighted by atomic mass is 9.73. The maximum Gasteiger partial charge on any atom is 0.242 e. The van der Waals surface area contributed by atoms with Gasteiger partial charge in [-0.1, -0.05) is 37.3 Å². The summed E-state index contributed by atoms with van der Waals surface area (Å²) in [6.45, 7) is 5.78. The molecule has 0 saturated carbocycles. The lowest BCUT2D eigenvalue weighted by Crippen LogP contribution is -2.47. The predicted molar refractivity (Wildman–Crippen MR) is 142 cm³/mol. The van der Waals surface area contributed by atoms with Crippen molar-refractivity contribution in [1.29, 1.82) is 0 Å². The van der Waals surface area contributed by atoms with Crippen molar-refractivity contribution < 1.29 is 4.79 Å². The molecule has 1 spiro atoms. The average molecular weight is 478 g/mol. The minimum Gasteiger partial charge on any atom is -0.334 e. The van der Waals surface area contributed by atoms with Gasteiger partial charge in [0.1, 0.15) is 5.82 Å². The van der Waals surface area contributed by atoms with E-state index in [1.165, 1.54) is 5.56 Å². The van der Waals surface area contributed by atoms with Crippen LogP contribution in [0.15, 0.2) is 85.5 Å². The highest BCUT2D eigenvalue weighted by atomic mass is 16.2. The molecule has 1 amide bonds. The molecular formula is C30H31N5O. The number of rotatable bonds is 6. The van der Waals surface area contributed by atoms with Crippen molar-refractivity contribution in [2.75, 3.05) is 18.0 Å². The summed E-state index contributed by atoms with van der Waals surface area (Å²) in [4.78, 5) is 27.2. The van der Waals surface area contributed by atoms with E-state index in [9.17, 15) is 4.79 Å². The van der Waals surface area contributed by atoms with Crippen LogP contribution in [0.2, 0.25) is 0 Å². The lowest BCUT2D eigenvalue weighted by molar-refractivity contribution is -0.124. The fourth-order valence-corrected chi connectivity index (χ4v) is 5.83. The molecule has 36 heavy (non-hydrogen) atoms. The Hall–Kier alpha value is -3.77. The van der Waals surface area contributed by atoms with Crippen LogP contribution in [0.25, 0.3) is 11.1 Å². The quantitative estimate of drug-likeness (QED) is 0.364. The van der Waals surface area contributed by atoms with Crippen molar-refractivity contribution in [2.45, 2.75) is 44.7 Å². The van der Waals surface area contributed by atoms with Crippen LogP contribution in [0.1, 0.15) is 37.6 Å². The van der Waals surface area contributed by atoms with Crippen molar-refractivity contribution in [2.24, 2.45) is 0 Å². The summed E-state index contributed by atoms with van der Waals surface area (Å²) in [7, 11) is 0. The molecule has 0 radical (unpaired) electrons. The summed E-state index contributed by atoms with van der Waals surface area (Å²) < 4.78 is 2.25. The first kappa shape index (κ1) is 22.7. The Bertz CT molecular complexity index is 1350. The first-order chi connectivity index (χ1) is 17.7. The van der Waals surface area contributed by atoms with E-state index in [0.29, 0.717) is 0 Å². The lowest BCUT2D eigenvalue weighted by Gasteiger charge is -2.38. The third kappa shape index (κ3) is 3.82. The topological polar surface area (TPSA) is 54.3 Å². The van der Waals surface area contributed by atoms with Gasteiger partial charge in [0.2, 0.25) is 5.91 Å². The van der Waals surface area contributed by atoms with E-state index >= 15 is 0 Å². The molecule has 0 bridgehead atoms. The first-order valence-electron chi connectivity index (χ1n) is 12.9. The number of imidazole rings is 1. The molecule has 0 unspecified atom stereocenters. The highest BCUT2D eigenvalue weighted by Crippen LogP contribution is 2.50. The number of likely N-dealkylation sites (tertiary alicyclic amines) is 1. The SMILES string of the molecule is CCCn1ccnc1CN1CCC2(CC1)C(=O)N(c1ccc(-c3ccncc3)cc1)c1ccccc12. The Balaban J connectivity index is 1.25. The zero-order chi connectivity index (χ0) is 24.5. The van der Waals surface area contributed by atoms with Crippen LogP contribution in [0.5, 0.6) is 0 Å². The summed E-state index contributed by atoms with van der Waals surface area (Å²) in [5.41, 5.74) is 4.88. The van der Waals surface area contributed by atoms with Gasteiger partial charge in [0.05, 0.1) is 17.6 Å². The number of aromatic nitrogens is 3. The minimum absolute atomic E-state index is 0.201. The molecule has 0 atom stereocenters. The number of hydrogen-bond donors (Lipinski definition) is 0. The highest BCUT2D eigenvalue weighted by Gasteiger charge is 2.52. The fourth-order valence-electron chi connectivity index (χ4n) is 5.83. The molecule has 4 heterocycles.